The number of carbonyl (C=O) groups excluding carboxylic acids is 1. The number of fused-ring (bicyclic) bond motifs is 1. The highest BCUT2D eigenvalue weighted by atomic mass is 35.5. The highest BCUT2D eigenvalue weighted by Crippen LogP contribution is 2.28. The lowest BCUT2D eigenvalue weighted by molar-refractivity contribution is -0.115. The zero-order valence-electron chi connectivity index (χ0n) is 9.09. The Morgan fingerprint density at radius 1 is 1.41 bits per heavy atom. The number of carbonyl (C=O) groups is 1. The van der Waals surface area contributed by atoms with Crippen molar-refractivity contribution in [1.82, 2.24) is 19.5 Å². The number of rotatable bonds is 1. The Bertz CT molecular complexity index is 646. The fourth-order valence-corrected chi connectivity index (χ4v) is 2.21. The van der Waals surface area contributed by atoms with Gasteiger partial charge >= 0.3 is 0 Å². The van der Waals surface area contributed by atoms with Crippen LogP contribution < -0.4 is 0 Å². The van der Waals surface area contributed by atoms with E-state index in [0.717, 1.165) is 5.57 Å². The predicted octanol–water partition coefficient (Wildman–Crippen LogP) is 1.94. The number of nitrogens with zero attached hydrogens (tertiary/aromatic N) is 4. The molecule has 0 amide bonds. The number of Topliss-reactive ketones (excluding diaryl/α,β-unsaturated/α-hetero) is 1. The molecular formula is C11H9ClN4O. The third-order valence-electron chi connectivity index (χ3n) is 2.95. The van der Waals surface area contributed by atoms with Gasteiger partial charge in [0.15, 0.2) is 16.6 Å². The van der Waals surface area contributed by atoms with Crippen LogP contribution in [0.4, 0.5) is 0 Å². The molecule has 1 aliphatic rings. The molecule has 5 nitrogen and oxygen atoms in total. The van der Waals surface area contributed by atoms with Crippen molar-refractivity contribution in [3.63, 3.8) is 0 Å². The Kier molecular flexibility index (Phi) is 2.22. The van der Waals surface area contributed by atoms with E-state index in [1.54, 1.807) is 6.33 Å². The quantitative estimate of drug-likeness (QED) is 0.724. The van der Waals surface area contributed by atoms with Crippen molar-refractivity contribution in [2.75, 3.05) is 0 Å². The standard InChI is InChI=1S/C11H9ClN4O/c1-6-2-7(3-8(6)17)16-5-15-9-10(12)13-4-14-11(9)16/h2,4-5,7H,3H2,1H3/t7-/m1/s1. The largest absolute Gasteiger partial charge is 0.308 e. The third-order valence-corrected chi connectivity index (χ3v) is 3.22. The normalized spacial score (nSPS) is 20.0. The maximum atomic E-state index is 11.5. The van der Waals surface area contributed by atoms with Crippen molar-refractivity contribution in [1.29, 1.82) is 0 Å². The number of ketones is 1. The van der Waals surface area contributed by atoms with Gasteiger partial charge in [-0.25, -0.2) is 15.0 Å². The minimum absolute atomic E-state index is 0.0153. The van der Waals surface area contributed by atoms with Gasteiger partial charge in [0.1, 0.15) is 11.8 Å². The summed E-state index contributed by atoms with van der Waals surface area (Å²) in [6.45, 7) is 1.82. The van der Waals surface area contributed by atoms with Crippen LogP contribution in [0, 0.1) is 0 Å². The summed E-state index contributed by atoms with van der Waals surface area (Å²) in [5.74, 6) is 0.164. The number of hydrogen-bond donors (Lipinski definition) is 0. The van der Waals surface area contributed by atoms with Crippen LogP contribution >= 0.6 is 11.6 Å². The first-order valence-electron chi connectivity index (χ1n) is 5.21. The van der Waals surface area contributed by atoms with Gasteiger partial charge in [0.25, 0.3) is 0 Å². The second kappa shape index (κ2) is 3.63. The van der Waals surface area contributed by atoms with Gasteiger partial charge in [-0.15, -0.1) is 0 Å². The lowest BCUT2D eigenvalue weighted by Gasteiger charge is -2.08. The van der Waals surface area contributed by atoms with Crippen LogP contribution in [0.5, 0.6) is 0 Å². The van der Waals surface area contributed by atoms with E-state index in [1.165, 1.54) is 6.33 Å². The number of allylic oxidation sites excluding steroid dienone is 2. The van der Waals surface area contributed by atoms with Crippen molar-refractivity contribution in [3.8, 4) is 0 Å². The fraction of sp³-hybridized carbons (Fsp3) is 0.273. The molecule has 0 unspecified atom stereocenters. The molecule has 0 saturated carbocycles. The first-order chi connectivity index (χ1) is 8.16. The molecule has 0 aliphatic heterocycles. The van der Waals surface area contributed by atoms with Crippen LogP contribution in [0.3, 0.4) is 0 Å². The summed E-state index contributed by atoms with van der Waals surface area (Å²) in [5, 5.41) is 0.332. The number of hydrogen-bond acceptors (Lipinski definition) is 4. The van der Waals surface area contributed by atoms with Crippen molar-refractivity contribution >= 4 is 28.5 Å². The summed E-state index contributed by atoms with van der Waals surface area (Å²) in [5.41, 5.74) is 2.02. The molecule has 0 radical (unpaired) electrons. The maximum Gasteiger partial charge on any atom is 0.165 e. The van der Waals surface area contributed by atoms with Crippen LogP contribution in [-0.2, 0) is 4.79 Å². The molecule has 86 valence electrons. The molecule has 2 aromatic rings. The lowest BCUT2D eigenvalue weighted by atomic mass is 10.2. The number of halogens is 1. The molecule has 17 heavy (non-hydrogen) atoms. The van der Waals surface area contributed by atoms with Crippen molar-refractivity contribution < 1.29 is 4.79 Å². The van der Waals surface area contributed by atoms with E-state index >= 15 is 0 Å². The average molecular weight is 249 g/mol. The summed E-state index contributed by atoms with van der Waals surface area (Å²) in [7, 11) is 0. The Labute approximate surface area is 102 Å². The molecule has 3 rings (SSSR count). The summed E-state index contributed by atoms with van der Waals surface area (Å²) in [6.07, 6.45) is 5.44. The molecular weight excluding hydrogens is 240 g/mol. The van der Waals surface area contributed by atoms with Crippen LogP contribution in [0.1, 0.15) is 19.4 Å². The van der Waals surface area contributed by atoms with Gasteiger partial charge in [-0.1, -0.05) is 17.7 Å². The average Bonchev–Trinajstić information content (AvgIpc) is 2.85. The summed E-state index contributed by atoms with van der Waals surface area (Å²) in [4.78, 5) is 23.7. The van der Waals surface area contributed by atoms with Crippen LogP contribution in [0.2, 0.25) is 5.15 Å². The highest BCUT2D eigenvalue weighted by Gasteiger charge is 2.24. The smallest absolute Gasteiger partial charge is 0.165 e. The molecule has 0 fully saturated rings. The van der Waals surface area contributed by atoms with E-state index in [1.807, 2.05) is 17.6 Å². The first-order valence-corrected chi connectivity index (χ1v) is 5.59. The van der Waals surface area contributed by atoms with Crippen LogP contribution in [-0.4, -0.2) is 25.3 Å². The molecule has 0 N–H and O–H groups in total. The SMILES string of the molecule is CC1=C[C@@H](n2cnc3c(Cl)ncnc32)CC1=O. The van der Waals surface area contributed by atoms with Gasteiger partial charge in [0, 0.05) is 6.42 Å². The Morgan fingerprint density at radius 2 is 2.24 bits per heavy atom. The molecule has 0 bridgehead atoms. The fourth-order valence-electron chi connectivity index (χ4n) is 2.04. The zero-order valence-corrected chi connectivity index (χ0v) is 9.85. The molecule has 0 spiro atoms. The van der Waals surface area contributed by atoms with Gasteiger partial charge in [0.05, 0.1) is 12.4 Å². The van der Waals surface area contributed by atoms with Gasteiger partial charge in [-0.3, -0.25) is 4.79 Å². The van der Waals surface area contributed by atoms with E-state index in [0.29, 0.717) is 22.7 Å². The van der Waals surface area contributed by atoms with Crippen LogP contribution in [0.15, 0.2) is 24.3 Å². The molecule has 6 heteroatoms. The van der Waals surface area contributed by atoms with Crippen LogP contribution in [0.25, 0.3) is 11.2 Å². The van der Waals surface area contributed by atoms with E-state index in [4.69, 9.17) is 11.6 Å². The van der Waals surface area contributed by atoms with E-state index < -0.39 is 0 Å². The first kappa shape index (κ1) is 10.4. The monoisotopic (exact) mass is 248 g/mol. The molecule has 2 heterocycles. The Morgan fingerprint density at radius 3 is 2.94 bits per heavy atom. The Hall–Kier alpha value is -1.75. The second-order valence-electron chi connectivity index (χ2n) is 4.03. The molecule has 1 aliphatic carbocycles. The van der Waals surface area contributed by atoms with Gasteiger partial charge in [0.2, 0.25) is 0 Å². The third kappa shape index (κ3) is 1.54. The van der Waals surface area contributed by atoms with Crippen molar-refractivity contribution in [2.45, 2.75) is 19.4 Å². The summed E-state index contributed by atoms with van der Waals surface area (Å²) >= 11 is 5.93. The van der Waals surface area contributed by atoms with Crippen molar-refractivity contribution in [2.24, 2.45) is 0 Å². The minimum Gasteiger partial charge on any atom is -0.308 e. The topological polar surface area (TPSA) is 60.7 Å². The predicted molar refractivity (Wildman–Crippen MR) is 62.8 cm³/mol. The second-order valence-corrected chi connectivity index (χ2v) is 4.39. The molecule has 0 aromatic carbocycles. The number of imidazole rings is 1. The zero-order chi connectivity index (χ0) is 12.0. The van der Waals surface area contributed by atoms with E-state index in [-0.39, 0.29) is 11.8 Å². The molecule has 2 aromatic heterocycles. The summed E-state index contributed by atoms with van der Waals surface area (Å²) in [6, 6.07) is -0.0153. The number of aromatic nitrogens is 4. The van der Waals surface area contributed by atoms with Gasteiger partial charge in [-0.2, -0.15) is 0 Å². The summed E-state index contributed by atoms with van der Waals surface area (Å²) < 4.78 is 1.86. The lowest BCUT2D eigenvalue weighted by Crippen LogP contribution is -2.05. The van der Waals surface area contributed by atoms with E-state index in [2.05, 4.69) is 15.0 Å². The molecule has 0 saturated heterocycles. The van der Waals surface area contributed by atoms with Crippen molar-refractivity contribution in [3.05, 3.63) is 29.5 Å². The minimum atomic E-state index is -0.0153. The van der Waals surface area contributed by atoms with E-state index in [9.17, 15) is 4.79 Å². The molecule has 1 atom stereocenters. The van der Waals surface area contributed by atoms with Gasteiger partial charge in [-0.05, 0) is 12.5 Å². The Balaban J connectivity index is 2.14. The highest BCUT2D eigenvalue weighted by molar-refractivity contribution is 6.33. The maximum absolute atomic E-state index is 11.5. The van der Waals surface area contributed by atoms with Gasteiger partial charge < -0.3 is 4.57 Å².